The number of aryl methyl sites for hydroxylation is 3. The normalized spacial score (nSPS) is 10.7. The van der Waals surface area contributed by atoms with Gasteiger partial charge in [-0.3, -0.25) is 14.4 Å². The van der Waals surface area contributed by atoms with Crippen molar-refractivity contribution in [2.45, 2.75) is 52.9 Å². The molecule has 3 aromatic rings. The Labute approximate surface area is 213 Å². The van der Waals surface area contributed by atoms with Crippen molar-refractivity contribution in [3.05, 3.63) is 89.5 Å². The van der Waals surface area contributed by atoms with Crippen LogP contribution in [0.3, 0.4) is 0 Å². The van der Waals surface area contributed by atoms with Gasteiger partial charge >= 0.3 is 0 Å². The average Bonchev–Trinajstić information content (AvgIpc) is 2.89. The fourth-order valence-corrected chi connectivity index (χ4v) is 4.19. The Bertz CT molecular complexity index is 1140. The molecule has 0 spiro atoms. The van der Waals surface area contributed by atoms with E-state index in [4.69, 9.17) is 0 Å². The quantitative estimate of drug-likeness (QED) is 0.312. The van der Waals surface area contributed by atoms with Crippen LogP contribution in [-0.2, 0) is 33.6 Å². The van der Waals surface area contributed by atoms with E-state index in [0.717, 1.165) is 47.3 Å². The maximum Gasteiger partial charge on any atom is 0.228 e. The molecule has 0 fully saturated rings. The predicted molar refractivity (Wildman–Crippen MR) is 146 cm³/mol. The van der Waals surface area contributed by atoms with E-state index in [1.165, 1.54) is 0 Å². The Hall–Kier alpha value is -3.93. The van der Waals surface area contributed by atoms with Crippen LogP contribution in [0.1, 0.15) is 50.3 Å². The van der Waals surface area contributed by atoms with Crippen LogP contribution in [0.5, 0.6) is 0 Å². The molecule has 3 rings (SSSR count). The molecule has 6 heteroatoms. The van der Waals surface area contributed by atoms with Gasteiger partial charge in [0.05, 0.1) is 5.92 Å². The van der Waals surface area contributed by atoms with Crippen molar-refractivity contribution in [3.8, 4) is 0 Å². The van der Waals surface area contributed by atoms with Crippen molar-refractivity contribution < 1.29 is 14.4 Å². The summed E-state index contributed by atoms with van der Waals surface area (Å²) in [5.41, 5.74) is 5.16. The fraction of sp³-hybridized carbons (Fsp3) is 0.300. The summed E-state index contributed by atoms with van der Waals surface area (Å²) in [6.07, 6.45) is 2.08. The number of hydrogen-bond donors (Lipinski definition) is 3. The Kier molecular flexibility index (Phi) is 9.81. The molecule has 0 bridgehead atoms. The van der Waals surface area contributed by atoms with Gasteiger partial charge in [0.2, 0.25) is 17.7 Å². The molecule has 36 heavy (non-hydrogen) atoms. The van der Waals surface area contributed by atoms with Crippen LogP contribution in [0.4, 0.5) is 17.1 Å². The summed E-state index contributed by atoms with van der Waals surface area (Å²) in [5, 5.41) is 8.79. The lowest BCUT2D eigenvalue weighted by molar-refractivity contribution is -0.127. The number of carbonyl (C=O) groups excluding carboxylic acids is 3. The summed E-state index contributed by atoms with van der Waals surface area (Å²) in [4.78, 5) is 39.3. The third kappa shape index (κ3) is 7.28. The largest absolute Gasteiger partial charge is 0.326 e. The Morgan fingerprint density at radius 2 is 0.889 bits per heavy atom. The van der Waals surface area contributed by atoms with E-state index in [0.29, 0.717) is 5.69 Å². The summed E-state index contributed by atoms with van der Waals surface area (Å²) in [6, 6.07) is 22.7. The van der Waals surface area contributed by atoms with E-state index < -0.39 is 5.92 Å². The second kappa shape index (κ2) is 13.2. The number of rotatable bonds is 11. The van der Waals surface area contributed by atoms with Gasteiger partial charge in [0, 0.05) is 29.9 Å². The molecule has 188 valence electrons. The first kappa shape index (κ1) is 26.7. The molecule has 0 unspecified atom stereocenters. The second-order valence-electron chi connectivity index (χ2n) is 8.72. The van der Waals surface area contributed by atoms with E-state index in [-0.39, 0.29) is 30.6 Å². The zero-order chi connectivity index (χ0) is 25.9. The third-order valence-electron chi connectivity index (χ3n) is 6.24. The van der Waals surface area contributed by atoms with Gasteiger partial charge in [0.15, 0.2) is 0 Å². The molecule has 3 aromatic carbocycles. The standard InChI is InChI=1S/C30H35N3O3/c1-4-21-13-7-10-16-25(21)31-28(34)19-24(30(36)33-27-18-12-9-15-23(27)6-3)20-29(35)32-26-17-11-8-14-22(26)5-2/h7-18,24H,4-6,19-20H2,1-3H3,(H,31,34)(H,32,35)(H,33,36). The lowest BCUT2D eigenvalue weighted by atomic mass is 9.98. The van der Waals surface area contributed by atoms with Gasteiger partial charge in [-0.1, -0.05) is 75.4 Å². The molecule has 0 aromatic heterocycles. The van der Waals surface area contributed by atoms with Crippen LogP contribution < -0.4 is 16.0 Å². The summed E-state index contributed by atoms with van der Waals surface area (Å²) in [6.45, 7) is 6.05. The minimum Gasteiger partial charge on any atom is -0.326 e. The van der Waals surface area contributed by atoms with E-state index in [9.17, 15) is 14.4 Å². The number of carbonyl (C=O) groups is 3. The molecular weight excluding hydrogens is 450 g/mol. The number of nitrogens with one attached hydrogen (secondary N) is 3. The summed E-state index contributed by atoms with van der Waals surface area (Å²) < 4.78 is 0. The smallest absolute Gasteiger partial charge is 0.228 e. The van der Waals surface area contributed by atoms with Crippen molar-refractivity contribution in [1.82, 2.24) is 0 Å². The maximum absolute atomic E-state index is 13.3. The minimum atomic E-state index is -0.836. The molecule has 0 radical (unpaired) electrons. The van der Waals surface area contributed by atoms with Gasteiger partial charge in [-0.25, -0.2) is 0 Å². The number of para-hydroxylation sites is 3. The summed E-state index contributed by atoms with van der Waals surface area (Å²) >= 11 is 0. The molecule has 0 heterocycles. The van der Waals surface area contributed by atoms with Crippen LogP contribution in [0.15, 0.2) is 72.8 Å². The minimum absolute atomic E-state index is 0.110. The molecule has 0 saturated heterocycles. The van der Waals surface area contributed by atoms with Gasteiger partial charge < -0.3 is 16.0 Å². The molecule has 6 nitrogen and oxygen atoms in total. The van der Waals surface area contributed by atoms with Gasteiger partial charge in [-0.05, 0) is 54.2 Å². The third-order valence-corrected chi connectivity index (χ3v) is 6.24. The molecule has 0 atom stereocenters. The zero-order valence-electron chi connectivity index (χ0n) is 21.3. The summed E-state index contributed by atoms with van der Waals surface area (Å²) in [7, 11) is 0. The van der Waals surface area contributed by atoms with Crippen molar-refractivity contribution in [3.63, 3.8) is 0 Å². The average molecular weight is 486 g/mol. The second-order valence-corrected chi connectivity index (χ2v) is 8.72. The highest BCUT2D eigenvalue weighted by Crippen LogP contribution is 2.22. The number of anilines is 3. The van der Waals surface area contributed by atoms with Gasteiger partial charge in [0.1, 0.15) is 0 Å². The molecular formula is C30H35N3O3. The molecule has 0 aliphatic heterocycles. The van der Waals surface area contributed by atoms with Gasteiger partial charge in [0.25, 0.3) is 0 Å². The highest BCUT2D eigenvalue weighted by atomic mass is 16.2. The van der Waals surface area contributed by atoms with Crippen LogP contribution in [0.2, 0.25) is 0 Å². The maximum atomic E-state index is 13.3. The van der Waals surface area contributed by atoms with Crippen LogP contribution in [-0.4, -0.2) is 17.7 Å². The zero-order valence-corrected chi connectivity index (χ0v) is 21.3. The summed E-state index contributed by atoms with van der Waals surface area (Å²) in [5.74, 6) is -1.80. The molecule has 0 aliphatic carbocycles. The van der Waals surface area contributed by atoms with Crippen LogP contribution in [0.25, 0.3) is 0 Å². The predicted octanol–water partition coefficient (Wildman–Crippen LogP) is 5.99. The first-order valence-electron chi connectivity index (χ1n) is 12.6. The van der Waals surface area contributed by atoms with Crippen LogP contribution >= 0.6 is 0 Å². The highest BCUT2D eigenvalue weighted by Gasteiger charge is 2.26. The molecule has 0 aliphatic rings. The van der Waals surface area contributed by atoms with Crippen molar-refractivity contribution in [2.24, 2.45) is 5.92 Å². The Morgan fingerprint density at radius 1 is 0.556 bits per heavy atom. The van der Waals surface area contributed by atoms with E-state index in [1.807, 2.05) is 93.6 Å². The lowest BCUT2D eigenvalue weighted by Gasteiger charge is -2.19. The van der Waals surface area contributed by atoms with E-state index >= 15 is 0 Å². The molecule has 0 saturated carbocycles. The monoisotopic (exact) mass is 485 g/mol. The first-order chi connectivity index (χ1) is 17.4. The highest BCUT2D eigenvalue weighted by molar-refractivity contribution is 6.02. The SMILES string of the molecule is CCc1ccccc1NC(=O)CC(CC(=O)Nc1ccccc1CC)C(=O)Nc1ccccc1CC. The van der Waals surface area contributed by atoms with Gasteiger partial charge in [-0.2, -0.15) is 0 Å². The number of benzene rings is 3. The molecule has 3 N–H and O–H groups in total. The first-order valence-corrected chi connectivity index (χ1v) is 12.6. The van der Waals surface area contributed by atoms with E-state index in [2.05, 4.69) is 16.0 Å². The number of hydrogen-bond acceptors (Lipinski definition) is 3. The van der Waals surface area contributed by atoms with Crippen LogP contribution in [0, 0.1) is 5.92 Å². The fourth-order valence-electron chi connectivity index (χ4n) is 4.19. The van der Waals surface area contributed by atoms with Crippen molar-refractivity contribution >= 4 is 34.8 Å². The van der Waals surface area contributed by atoms with E-state index in [1.54, 1.807) is 0 Å². The Morgan fingerprint density at radius 3 is 1.25 bits per heavy atom. The molecule has 3 amide bonds. The Balaban J connectivity index is 1.78. The van der Waals surface area contributed by atoms with Crippen molar-refractivity contribution in [2.75, 3.05) is 16.0 Å². The van der Waals surface area contributed by atoms with Gasteiger partial charge in [-0.15, -0.1) is 0 Å². The number of amides is 3. The topological polar surface area (TPSA) is 87.3 Å². The lowest BCUT2D eigenvalue weighted by Crippen LogP contribution is -2.31. The van der Waals surface area contributed by atoms with Crippen molar-refractivity contribution in [1.29, 1.82) is 0 Å².